The molecule has 3 N–H and O–H groups in total. The van der Waals surface area contributed by atoms with Crippen LogP contribution in [0.25, 0.3) is 0 Å². The monoisotopic (exact) mass is 479 g/mol. The number of anilines is 1. The van der Waals surface area contributed by atoms with Gasteiger partial charge in [-0.25, -0.2) is 9.38 Å². The smallest absolute Gasteiger partial charge is 0.193 e. The molecule has 0 amide bonds. The maximum atomic E-state index is 13.2. The van der Waals surface area contributed by atoms with Crippen LogP contribution < -0.4 is 15.8 Å². The number of nitrogens with one attached hydrogen (secondary N) is 1. The van der Waals surface area contributed by atoms with Crippen molar-refractivity contribution in [2.45, 2.75) is 6.54 Å². The van der Waals surface area contributed by atoms with Gasteiger partial charge in [0.05, 0.1) is 19.3 Å². The zero-order valence-corrected chi connectivity index (χ0v) is 15.8. The van der Waals surface area contributed by atoms with Gasteiger partial charge in [0, 0.05) is 4.47 Å². The lowest BCUT2D eigenvalue weighted by Gasteiger charge is -2.10. The summed E-state index contributed by atoms with van der Waals surface area (Å²) in [6, 6.07) is 11.8. The van der Waals surface area contributed by atoms with E-state index in [1.54, 1.807) is 13.2 Å². The predicted octanol–water partition coefficient (Wildman–Crippen LogP) is 4.14. The Balaban J connectivity index is 0.00000242. The zero-order chi connectivity index (χ0) is 15.2. The summed E-state index contributed by atoms with van der Waals surface area (Å²) in [7, 11) is 1.58. The molecule has 0 spiro atoms. The molecule has 0 aromatic heterocycles. The second kappa shape index (κ2) is 8.94. The molecule has 2 aromatic carbocycles. The molecular formula is C15H16BrFIN3O. The second-order valence-corrected chi connectivity index (χ2v) is 5.12. The molecule has 0 saturated carbocycles. The Morgan fingerprint density at radius 1 is 1.32 bits per heavy atom. The van der Waals surface area contributed by atoms with Crippen LogP contribution in [0.15, 0.2) is 51.9 Å². The molecule has 0 bridgehead atoms. The topological polar surface area (TPSA) is 59.6 Å². The second-order valence-electron chi connectivity index (χ2n) is 4.26. The highest BCUT2D eigenvalue weighted by Crippen LogP contribution is 2.23. The van der Waals surface area contributed by atoms with Gasteiger partial charge < -0.3 is 15.8 Å². The Morgan fingerprint density at radius 3 is 2.77 bits per heavy atom. The molecule has 7 heteroatoms. The van der Waals surface area contributed by atoms with Gasteiger partial charge >= 0.3 is 0 Å². The predicted molar refractivity (Wildman–Crippen MR) is 101 cm³/mol. The van der Waals surface area contributed by atoms with Crippen molar-refractivity contribution >= 4 is 51.6 Å². The van der Waals surface area contributed by atoms with Crippen molar-refractivity contribution in [2.24, 2.45) is 10.7 Å². The molecule has 118 valence electrons. The van der Waals surface area contributed by atoms with Crippen LogP contribution in [0.5, 0.6) is 5.75 Å². The minimum absolute atomic E-state index is 0. The molecule has 0 aliphatic rings. The first-order valence-electron chi connectivity index (χ1n) is 6.24. The third-order valence-corrected chi connectivity index (χ3v) is 3.57. The zero-order valence-electron chi connectivity index (χ0n) is 11.8. The van der Waals surface area contributed by atoms with Gasteiger partial charge in [-0.15, -0.1) is 24.0 Å². The highest BCUT2D eigenvalue weighted by atomic mass is 127. The Morgan fingerprint density at radius 2 is 2.05 bits per heavy atom. The summed E-state index contributed by atoms with van der Waals surface area (Å²) < 4.78 is 19.2. The summed E-state index contributed by atoms with van der Waals surface area (Å²) in [5, 5.41) is 2.96. The van der Waals surface area contributed by atoms with E-state index >= 15 is 0 Å². The summed E-state index contributed by atoms with van der Waals surface area (Å²) in [4.78, 5) is 4.20. The summed E-state index contributed by atoms with van der Waals surface area (Å²) in [6.07, 6.45) is 0. The van der Waals surface area contributed by atoms with E-state index in [4.69, 9.17) is 10.5 Å². The molecule has 0 radical (unpaired) electrons. The highest BCUT2D eigenvalue weighted by molar-refractivity contribution is 14.0. The molecular weight excluding hydrogens is 464 g/mol. The van der Waals surface area contributed by atoms with Gasteiger partial charge in [-0.2, -0.15) is 0 Å². The van der Waals surface area contributed by atoms with E-state index in [0.717, 1.165) is 15.7 Å². The number of nitrogens with zero attached hydrogens (tertiary/aromatic N) is 1. The number of methoxy groups -OCH3 is 1. The largest absolute Gasteiger partial charge is 0.495 e. The van der Waals surface area contributed by atoms with E-state index in [-0.39, 0.29) is 42.3 Å². The van der Waals surface area contributed by atoms with Crippen LogP contribution in [0, 0.1) is 5.82 Å². The molecule has 4 nitrogen and oxygen atoms in total. The number of para-hydroxylation sites is 2. The number of ether oxygens (including phenoxy) is 1. The third kappa shape index (κ3) is 5.13. The quantitative estimate of drug-likeness (QED) is 0.393. The van der Waals surface area contributed by atoms with Gasteiger partial charge in [0.2, 0.25) is 0 Å². The van der Waals surface area contributed by atoms with Crippen LogP contribution in [0.4, 0.5) is 10.1 Å². The van der Waals surface area contributed by atoms with E-state index < -0.39 is 0 Å². The van der Waals surface area contributed by atoms with Crippen LogP contribution in [-0.4, -0.2) is 13.1 Å². The van der Waals surface area contributed by atoms with E-state index in [1.807, 2.05) is 24.3 Å². The molecule has 2 aromatic rings. The number of benzene rings is 2. The van der Waals surface area contributed by atoms with Crippen molar-refractivity contribution in [1.29, 1.82) is 0 Å². The summed E-state index contributed by atoms with van der Waals surface area (Å²) in [6.45, 7) is 0.270. The number of hydrogen-bond donors (Lipinski definition) is 2. The van der Waals surface area contributed by atoms with Crippen LogP contribution in [0.2, 0.25) is 0 Å². The molecule has 0 saturated heterocycles. The summed E-state index contributed by atoms with van der Waals surface area (Å²) in [5.41, 5.74) is 7.28. The molecule has 22 heavy (non-hydrogen) atoms. The van der Waals surface area contributed by atoms with Crippen molar-refractivity contribution in [3.63, 3.8) is 0 Å². The number of rotatable bonds is 4. The van der Waals surface area contributed by atoms with Crippen molar-refractivity contribution in [3.8, 4) is 5.75 Å². The lowest BCUT2D eigenvalue weighted by Crippen LogP contribution is -2.23. The maximum Gasteiger partial charge on any atom is 0.193 e. The molecule has 0 aliphatic heterocycles. The van der Waals surface area contributed by atoms with Crippen LogP contribution in [0.1, 0.15) is 5.56 Å². The average Bonchev–Trinajstić information content (AvgIpc) is 2.49. The minimum atomic E-state index is -0.306. The summed E-state index contributed by atoms with van der Waals surface area (Å²) >= 11 is 3.35. The van der Waals surface area contributed by atoms with Crippen molar-refractivity contribution < 1.29 is 9.13 Å². The van der Waals surface area contributed by atoms with Crippen molar-refractivity contribution in [2.75, 3.05) is 12.4 Å². The molecule has 0 aliphatic carbocycles. The molecule has 0 fully saturated rings. The first kappa shape index (κ1) is 18.7. The van der Waals surface area contributed by atoms with Crippen LogP contribution in [0.3, 0.4) is 0 Å². The van der Waals surface area contributed by atoms with Crippen LogP contribution >= 0.6 is 39.9 Å². The van der Waals surface area contributed by atoms with E-state index in [2.05, 4.69) is 26.2 Å². The standard InChI is InChI=1S/C15H15BrFN3O.HI/c1-21-14-5-3-2-4-13(14)20-15(18)19-9-10-8-11(17)6-7-12(10)16;/h2-8H,9H2,1H3,(H3,18,19,20);1H. The summed E-state index contributed by atoms with van der Waals surface area (Å²) in [5.74, 6) is 0.595. The van der Waals surface area contributed by atoms with Gasteiger partial charge in [-0.05, 0) is 35.9 Å². The fourth-order valence-corrected chi connectivity index (χ4v) is 2.13. The first-order chi connectivity index (χ1) is 10.1. The highest BCUT2D eigenvalue weighted by Gasteiger charge is 2.04. The Hall–Kier alpha value is -1.35. The lowest BCUT2D eigenvalue weighted by atomic mass is 10.2. The normalized spacial score (nSPS) is 10.8. The van der Waals surface area contributed by atoms with Gasteiger partial charge in [0.1, 0.15) is 11.6 Å². The Bertz CT molecular complexity index is 667. The van der Waals surface area contributed by atoms with E-state index in [9.17, 15) is 4.39 Å². The van der Waals surface area contributed by atoms with Gasteiger partial charge in [-0.3, -0.25) is 0 Å². The molecule has 0 unspecified atom stereocenters. The molecule has 2 rings (SSSR count). The Labute approximate surface area is 154 Å². The van der Waals surface area contributed by atoms with Gasteiger partial charge in [0.15, 0.2) is 5.96 Å². The van der Waals surface area contributed by atoms with Crippen molar-refractivity contribution in [1.82, 2.24) is 0 Å². The first-order valence-corrected chi connectivity index (χ1v) is 7.03. The Kier molecular flexibility index (Phi) is 7.60. The minimum Gasteiger partial charge on any atom is -0.495 e. The van der Waals surface area contributed by atoms with Crippen molar-refractivity contribution in [3.05, 3.63) is 58.3 Å². The molecule has 0 heterocycles. The van der Waals surface area contributed by atoms with Gasteiger partial charge in [0.25, 0.3) is 0 Å². The SMILES string of the molecule is COc1ccccc1NC(N)=NCc1cc(F)ccc1Br.I. The third-order valence-electron chi connectivity index (χ3n) is 2.80. The number of guanidine groups is 1. The number of hydrogen-bond acceptors (Lipinski definition) is 2. The fourth-order valence-electron chi connectivity index (χ4n) is 1.76. The number of aliphatic imine (C=N–C) groups is 1. The van der Waals surface area contributed by atoms with Gasteiger partial charge in [-0.1, -0.05) is 28.1 Å². The fraction of sp³-hybridized carbons (Fsp3) is 0.133. The van der Waals surface area contributed by atoms with E-state index in [0.29, 0.717) is 5.75 Å². The number of nitrogens with two attached hydrogens (primary N) is 1. The molecule has 0 atom stereocenters. The van der Waals surface area contributed by atoms with E-state index in [1.165, 1.54) is 12.1 Å². The average molecular weight is 480 g/mol. The maximum absolute atomic E-state index is 13.2. The van der Waals surface area contributed by atoms with Crippen LogP contribution in [-0.2, 0) is 6.54 Å². The number of halogens is 3. The lowest BCUT2D eigenvalue weighted by molar-refractivity contribution is 0.417.